The molecule has 0 atom stereocenters. The van der Waals surface area contributed by atoms with Crippen LogP contribution in [0.25, 0.3) is 11.1 Å². The fraction of sp³-hybridized carbons (Fsp3) is 0.261. The molecule has 0 saturated carbocycles. The number of nitrogens with zero attached hydrogens (tertiary/aromatic N) is 2. The van der Waals surface area contributed by atoms with Crippen molar-refractivity contribution in [2.45, 2.75) is 44.4 Å². The molecule has 2 heterocycles. The molecule has 10 heteroatoms. The molecular formula is C23H23FN4O4S. The summed E-state index contributed by atoms with van der Waals surface area (Å²) in [4.78, 5) is 24.7. The molecule has 0 bridgehead atoms. The number of aryl methyl sites for hydroxylation is 2. The summed E-state index contributed by atoms with van der Waals surface area (Å²) in [5, 5.41) is 7.18. The van der Waals surface area contributed by atoms with Gasteiger partial charge in [-0.05, 0) is 48.7 Å². The number of sulfonamides is 1. The predicted molar refractivity (Wildman–Crippen MR) is 122 cm³/mol. The Labute approximate surface area is 190 Å². The number of rotatable bonds is 6. The van der Waals surface area contributed by atoms with Gasteiger partial charge in [0.05, 0.1) is 16.3 Å². The number of aromatic nitrogens is 2. The molecule has 8 nitrogen and oxygen atoms in total. The highest BCUT2D eigenvalue weighted by molar-refractivity contribution is 7.92. The van der Waals surface area contributed by atoms with E-state index in [2.05, 4.69) is 15.1 Å². The Kier molecular flexibility index (Phi) is 6.03. The quantitative estimate of drug-likeness (QED) is 0.563. The SMILES string of the molecule is CCCc1nn2c(c1-c1ccc(C)c(S(=O)(=O)Nc3cccc(F)c3)c1)NC(=O)CCC2=O. The molecule has 0 saturated heterocycles. The summed E-state index contributed by atoms with van der Waals surface area (Å²) in [6.45, 7) is 3.61. The van der Waals surface area contributed by atoms with Gasteiger partial charge < -0.3 is 5.32 Å². The standard InChI is InChI=1S/C23H23FN4O4S/c1-3-5-18-22(23-25-20(29)10-11-21(30)28(23)26-18)15-9-8-14(2)19(12-15)33(31,32)27-17-7-4-6-16(24)13-17/h4,6-9,12-13,27H,3,5,10-11H2,1-2H3,(H,25,29). The number of carbonyl (C=O) groups excluding carboxylic acids is 2. The number of hydrogen-bond donors (Lipinski definition) is 2. The summed E-state index contributed by atoms with van der Waals surface area (Å²) in [7, 11) is -4.05. The van der Waals surface area contributed by atoms with Gasteiger partial charge in [0, 0.05) is 18.4 Å². The van der Waals surface area contributed by atoms with Crippen LogP contribution in [-0.4, -0.2) is 30.0 Å². The van der Waals surface area contributed by atoms with Crippen LogP contribution in [0.15, 0.2) is 47.4 Å². The Morgan fingerprint density at radius 2 is 1.94 bits per heavy atom. The zero-order valence-corrected chi connectivity index (χ0v) is 19.0. The summed E-state index contributed by atoms with van der Waals surface area (Å²) >= 11 is 0. The lowest BCUT2D eigenvalue weighted by atomic mass is 10.0. The molecule has 0 fully saturated rings. The van der Waals surface area contributed by atoms with E-state index in [1.54, 1.807) is 19.1 Å². The number of anilines is 2. The lowest BCUT2D eigenvalue weighted by Gasteiger charge is -2.13. The number of nitrogens with one attached hydrogen (secondary N) is 2. The highest BCUT2D eigenvalue weighted by Crippen LogP contribution is 2.36. The van der Waals surface area contributed by atoms with Gasteiger partial charge in [-0.25, -0.2) is 12.8 Å². The van der Waals surface area contributed by atoms with E-state index < -0.39 is 15.8 Å². The molecule has 172 valence electrons. The fourth-order valence-corrected chi connectivity index (χ4v) is 5.12. The number of halogens is 1. The molecule has 1 aliphatic rings. The molecule has 1 aliphatic heterocycles. The third kappa shape index (κ3) is 4.51. The first-order valence-electron chi connectivity index (χ1n) is 10.5. The summed E-state index contributed by atoms with van der Waals surface area (Å²) in [6, 6.07) is 10.0. The van der Waals surface area contributed by atoms with Crippen molar-refractivity contribution >= 4 is 33.3 Å². The van der Waals surface area contributed by atoms with E-state index in [1.807, 2.05) is 6.92 Å². The van der Waals surface area contributed by atoms with Crippen LogP contribution in [0.2, 0.25) is 0 Å². The molecule has 0 spiro atoms. The minimum atomic E-state index is -4.05. The molecule has 1 aromatic heterocycles. The average molecular weight is 471 g/mol. The average Bonchev–Trinajstić information content (AvgIpc) is 3.03. The Morgan fingerprint density at radius 1 is 1.15 bits per heavy atom. The lowest BCUT2D eigenvalue weighted by molar-refractivity contribution is -0.116. The van der Waals surface area contributed by atoms with Gasteiger partial charge in [-0.15, -0.1) is 0 Å². The molecular weight excluding hydrogens is 447 g/mol. The maximum absolute atomic E-state index is 13.5. The summed E-state index contributed by atoms with van der Waals surface area (Å²) in [5.74, 6) is -0.928. The molecule has 2 N–H and O–H groups in total. The maximum atomic E-state index is 13.5. The molecule has 2 aromatic carbocycles. The van der Waals surface area contributed by atoms with Crippen molar-refractivity contribution in [1.29, 1.82) is 0 Å². The van der Waals surface area contributed by atoms with E-state index in [4.69, 9.17) is 0 Å². The molecule has 33 heavy (non-hydrogen) atoms. The van der Waals surface area contributed by atoms with Crippen molar-refractivity contribution in [1.82, 2.24) is 9.78 Å². The monoisotopic (exact) mass is 470 g/mol. The number of amides is 1. The number of benzene rings is 2. The molecule has 3 aromatic rings. The van der Waals surface area contributed by atoms with E-state index in [0.29, 0.717) is 28.8 Å². The van der Waals surface area contributed by atoms with E-state index in [-0.39, 0.29) is 41.1 Å². The molecule has 0 radical (unpaired) electrons. The second kappa shape index (κ2) is 8.78. The van der Waals surface area contributed by atoms with Crippen LogP contribution in [0.5, 0.6) is 0 Å². The lowest BCUT2D eigenvalue weighted by Crippen LogP contribution is -2.15. The Hall–Kier alpha value is -3.53. The summed E-state index contributed by atoms with van der Waals surface area (Å²) in [6.07, 6.45) is 1.37. The van der Waals surface area contributed by atoms with E-state index in [0.717, 1.165) is 12.5 Å². The van der Waals surface area contributed by atoms with Gasteiger partial charge in [-0.1, -0.05) is 31.5 Å². The van der Waals surface area contributed by atoms with Crippen molar-refractivity contribution in [2.24, 2.45) is 0 Å². The summed E-state index contributed by atoms with van der Waals surface area (Å²) < 4.78 is 43.4. The van der Waals surface area contributed by atoms with Crippen LogP contribution < -0.4 is 10.0 Å². The van der Waals surface area contributed by atoms with Gasteiger partial charge in [-0.2, -0.15) is 9.78 Å². The van der Waals surface area contributed by atoms with Crippen LogP contribution >= 0.6 is 0 Å². The molecule has 0 unspecified atom stereocenters. The van der Waals surface area contributed by atoms with Gasteiger partial charge in [0.15, 0.2) is 0 Å². The number of hydrogen-bond acceptors (Lipinski definition) is 5. The zero-order chi connectivity index (χ0) is 23.8. The first kappa shape index (κ1) is 22.7. The minimum absolute atomic E-state index is 0.00191. The van der Waals surface area contributed by atoms with Crippen molar-refractivity contribution in [2.75, 3.05) is 10.0 Å². The Morgan fingerprint density at radius 3 is 2.67 bits per heavy atom. The highest BCUT2D eigenvalue weighted by atomic mass is 32.2. The second-order valence-corrected chi connectivity index (χ2v) is 9.52. The fourth-order valence-electron chi connectivity index (χ4n) is 3.80. The third-order valence-corrected chi connectivity index (χ3v) is 6.87. The number of fused-ring (bicyclic) bond motifs is 1. The van der Waals surface area contributed by atoms with Gasteiger partial charge in [0.1, 0.15) is 11.6 Å². The Balaban J connectivity index is 1.84. The van der Waals surface area contributed by atoms with E-state index >= 15 is 0 Å². The van der Waals surface area contributed by atoms with Gasteiger partial charge >= 0.3 is 0 Å². The van der Waals surface area contributed by atoms with Gasteiger partial charge in [0.2, 0.25) is 11.8 Å². The van der Waals surface area contributed by atoms with Crippen molar-refractivity contribution in [3.63, 3.8) is 0 Å². The Bertz CT molecular complexity index is 1360. The minimum Gasteiger partial charge on any atom is -0.310 e. The topological polar surface area (TPSA) is 110 Å². The third-order valence-electron chi connectivity index (χ3n) is 5.35. The van der Waals surface area contributed by atoms with Crippen molar-refractivity contribution in [3.05, 3.63) is 59.5 Å². The van der Waals surface area contributed by atoms with Crippen LogP contribution in [0.1, 0.15) is 42.2 Å². The highest BCUT2D eigenvalue weighted by Gasteiger charge is 2.28. The molecule has 4 rings (SSSR count). The maximum Gasteiger partial charge on any atom is 0.262 e. The normalized spacial score (nSPS) is 13.9. The van der Waals surface area contributed by atoms with E-state index in [9.17, 15) is 22.4 Å². The van der Waals surface area contributed by atoms with Crippen LogP contribution in [-0.2, 0) is 21.2 Å². The van der Waals surface area contributed by atoms with Crippen LogP contribution in [0.3, 0.4) is 0 Å². The van der Waals surface area contributed by atoms with Crippen molar-refractivity contribution in [3.8, 4) is 11.1 Å². The molecule has 0 aliphatic carbocycles. The van der Waals surface area contributed by atoms with E-state index in [1.165, 1.54) is 28.9 Å². The summed E-state index contributed by atoms with van der Waals surface area (Å²) in [5.41, 5.74) is 2.19. The van der Waals surface area contributed by atoms with Gasteiger partial charge in [0.25, 0.3) is 10.0 Å². The van der Waals surface area contributed by atoms with Crippen LogP contribution in [0.4, 0.5) is 15.9 Å². The first-order chi connectivity index (χ1) is 15.7. The largest absolute Gasteiger partial charge is 0.310 e. The van der Waals surface area contributed by atoms with Crippen LogP contribution in [0, 0.1) is 12.7 Å². The molecule has 1 amide bonds. The first-order valence-corrected chi connectivity index (χ1v) is 12.0. The smallest absolute Gasteiger partial charge is 0.262 e. The zero-order valence-electron chi connectivity index (χ0n) is 18.2. The predicted octanol–water partition coefficient (Wildman–Crippen LogP) is 4.12. The van der Waals surface area contributed by atoms with Crippen molar-refractivity contribution < 1.29 is 22.4 Å². The second-order valence-electron chi connectivity index (χ2n) is 7.87. The van der Waals surface area contributed by atoms with Gasteiger partial charge in [-0.3, -0.25) is 14.3 Å². The number of carbonyl (C=O) groups is 2.